The van der Waals surface area contributed by atoms with Gasteiger partial charge in [0.15, 0.2) is 6.04 Å². The number of amides is 1. The van der Waals surface area contributed by atoms with Crippen molar-refractivity contribution in [1.29, 1.82) is 0 Å². The van der Waals surface area contributed by atoms with Gasteiger partial charge in [-0.3, -0.25) is 4.79 Å². The van der Waals surface area contributed by atoms with E-state index in [2.05, 4.69) is 40.4 Å². The van der Waals surface area contributed by atoms with Crippen LogP contribution in [0.4, 0.5) is 0 Å². The lowest BCUT2D eigenvalue weighted by Gasteiger charge is -2.24. The summed E-state index contributed by atoms with van der Waals surface area (Å²) in [7, 11) is 2.10. The van der Waals surface area contributed by atoms with Crippen LogP contribution in [0.2, 0.25) is 0 Å². The molecule has 1 unspecified atom stereocenters. The van der Waals surface area contributed by atoms with Crippen molar-refractivity contribution in [3.63, 3.8) is 0 Å². The Morgan fingerprint density at radius 2 is 2.05 bits per heavy atom. The molecule has 0 radical (unpaired) electrons. The molecular weight excluding hydrogens is 360 g/mol. The lowest BCUT2D eigenvalue weighted by molar-refractivity contribution is -0.915. The van der Waals surface area contributed by atoms with Gasteiger partial charge in [-0.05, 0) is 40.9 Å². The van der Waals surface area contributed by atoms with Crippen LogP contribution in [-0.2, 0) is 11.3 Å². The summed E-state index contributed by atoms with van der Waals surface area (Å²) in [6, 6.07) is 14.5. The third kappa shape index (κ3) is 3.97. The van der Waals surface area contributed by atoms with E-state index in [0.29, 0.717) is 6.04 Å². The molecule has 3 rings (SSSR count). The molecule has 2 aromatic rings. The predicted molar refractivity (Wildman–Crippen MR) is 93.0 cm³/mol. The number of nitrogens with one attached hydrogen (secondary N) is 2. The van der Waals surface area contributed by atoms with Gasteiger partial charge in [0.05, 0.1) is 15.7 Å². The maximum absolute atomic E-state index is 12.7. The molecule has 1 fully saturated rings. The first-order chi connectivity index (χ1) is 10.6. The number of carbonyl (C=O) groups excluding carboxylic acids is 1. The normalized spacial score (nSPS) is 17.0. The summed E-state index contributed by atoms with van der Waals surface area (Å²) in [4.78, 5) is 15.2. The topological polar surface area (TPSA) is 33.5 Å². The highest BCUT2D eigenvalue weighted by Gasteiger charge is 2.33. The number of likely N-dealkylation sites (N-methyl/N-ethyl adjacent to an activating group) is 1. The fraction of sp³-hybridized carbons (Fsp3) is 0.353. The molecule has 0 spiro atoms. The maximum Gasteiger partial charge on any atom is 0.283 e. The Kier molecular flexibility index (Phi) is 4.96. The molecule has 1 amide bonds. The van der Waals surface area contributed by atoms with Crippen molar-refractivity contribution in [2.24, 2.45) is 0 Å². The van der Waals surface area contributed by atoms with E-state index in [0.717, 1.165) is 28.7 Å². The highest BCUT2D eigenvalue weighted by Crippen LogP contribution is 2.22. The van der Waals surface area contributed by atoms with Gasteiger partial charge in [0.2, 0.25) is 0 Å². The minimum Gasteiger partial charge on any atom is -0.348 e. The van der Waals surface area contributed by atoms with Crippen LogP contribution in [0, 0.1) is 0 Å². The SMILES string of the molecule is C[NH+](Cc1ccc(Br)s1)[C@H](C(=O)NC1CC1)c1ccccc1. The predicted octanol–water partition coefficient (Wildman–Crippen LogP) is 2.55. The second-order valence-corrected chi connectivity index (χ2v) is 8.40. The molecule has 1 aromatic heterocycles. The fourth-order valence-corrected chi connectivity index (χ4v) is 4.22. The fourth-order valence-electron chi connectivity index (χ4n) is 2.64. The summed E-state index contributed by atoms with van der Waals surface area (Å²) >= 11 is 5.23. The largest absolute Gasteiger partial charge is 0.348 e. The summed E-state index contributed by atoms with van der Waals surface area (Å²) in [6.07, 6.45) is 2.23. The van der Waals surface area contributed by atoms with Crippen LogP contribution >= 0.6 is 27.3 Å². The number of benzene rings is 1. The highest BCUT2D eigenvalue weighted by atomic mass is 79.9. The van der Waals surface area contributed by atoms with Crippen molar-refractivity contribution in [2.45, 2.75) is 31.5 Å². The van der Waals surface area contributed by atoms with Gasteiger partial charge >= 0.3 is 0 Å². The lowest BCUT2D eigenvalue weighted by Crippen LogP contribution is -3.09. The Balaban J connectivity index is 1.78. The van der Waals surface area contributed by atoms with Crippen LogP contribution in [0.5, 0.6) is 0 Å². The smallest absolute Gasteiger partial charge is 0.283 e. The second kappa shape index (κ2) is 6.94. The highest BCUT2D eigenvalue weighted by molar-refractivity contribution is 9.11. The monoisotopic (exact) mass is 379 g/mol. The molecule has 5 heteroatoms. The van der Waals surface area contributed by atoms with Gasteiger partial charge in [-0.1, -0.05) is 30.3 Å². The Bertz CT molecular complexity index is 639. The van der Waals surface area contributed by atoms with Gasteiger partial charge < -0.3 is 10.2 Å². The average molecular weight is 380 g/mol. The molecule has 0 saturated heterocycles. The van der Waals surface area contributed by atoms with Gasteiger partial charge in [0.25, 0.3) is 5.91 Å². The number of rotatable bonds is 6. The van der Waals surface area contributed by atoms with Gasteiger partial charge in [-0.2, -0.15) is 0 Å². The number of carbonyl (C=O) groups is 1. The van der Waals surface area contributed by atoms with Crippen LogP contribution in [0.25, 0.3) is 0 Å². The zero-order valence-corrected chi connectivity index (χ0v) is 14.9. The molecule has 22 heavy (non-hydrogen) atoms. The third-order valence-corrected chi connectivity index (χ3v) is 5.52. The van der Waals surface area contributed by atoms with E-state index >= 15 is 0 Å². The van der Waals surface area contributed by atoms with Crippen molar-refractivity contribution < 1.29 is 9.69 Å². The molecule has 1 aliphatic carbocycles. The van der Waals surface area contributed by atoms with E-state index in [1.165, 1.54) is 9.78 Å². The summed E-state index contributed by atoms with van der Waals surface area (Å²) in [5, 5.41) is 3.16. The number of thiophene rings is 1. The molecule has 1 aliphatic rings. The summed E-state index contributed by atoms with van der Waals surface area (Å²) < 4.78 is 1.13. The van der Waals surface area contributed by atoms with Crippen LogP contribution < -0.4 is 10.2 Å². The molecule has 1 heterocycles. The van der Waals surface area contributed by atoms with Gasteiger partial charge in [-0.25, -0.2) is 0 Å². The molecule has 3 nitrogen and oxygen atoms in total. The van der Waals surface area contributed by atoms with E-state index in [-0.39, 0.29) is 11.9 Å². The molecule has 0 bridgehead atoms. The molecular formula is C17H20BrN2OS+. The van der Waals surface area contributed by atoms with Crippen molar-refractivity contribution in [3.8, 4) is 0 Å². The molecule has 1 aromatic carbocycles. The zero-order chi connectivity index (χ0) is 15.5. The molecule has 2 atom stereocenters. The van der Waals surface area contributed by atoms with Crippen LogP contribution in [-0.4, -0.2) is 19.0 Å². The van der Waals surface area contributed by atoms with E-state index < -0.39 is 0 Å². The van der Waals surface area contributed by atoms with Crippen molar-refractivity contribution >= 4 is 33.2 Å². The zero-order valence-electron chi connectivity index (χ0n) is 12.5. The van der Waals surface area contributed by atoms with E-state index in [4.69, 9.17) is 0 Å². The molecule has 116 valence electrons. The standard InChI is InChI=1S/C17H19BrN2OS/c1-20(11-14-9-10-15(18)22-14)16(12-5-3-2-4-6-12)17(21)19-13-7-8-13/h2-6,9-10,13,16H,7-8,11H2,1H3,(H,19,21)/p+1/t16-/m0/s1. The average Bonchev–Trinajstić information content (AvgIpc) is 3.21. The number of hydrogen-bond acceptors (Lipinski definition) is 2. The first-order valence-corrected chi connectivity index (χ1v) is 9.16. The maximum atomic E-state index is 12.7. The van der Waals surface area contributed by atoms with Gasteiger partial charge in [0, 0.05) is 11.6 Å². The first-order valence-electron chi connectivity index (χ1n) is 7.55. The molecule has 1 saturated carbocycles. The van der Waals surface area contributed by atoms with Crippen LogP contribution in [0.15, 0.2) is 46.3 Å². The molecule has 0 aliphatic heterocycles. The third-order valence-electron chi connectivity index (χ3n) is 3.89. The van der Waals surface area contributed by atoms with Crippen molar-refractivity contribution in [3.05, 3.63) is 56.7 Å². The number of hydrogen-bond donors (Lipinski definition) is 2. The Labute approximate surface area is 143 Å². The number of quaternary nitrogens is 1. The first kappa shape index (κ1) is 15.7. The van der Waals surface area contributed by atoms with E-state index in [1.807, 2.05) is 30.3 Å². The Morgan fingerprint density at radius 1 is 1.32 bits per heavy atom. The van der Waals surface area contributed by atoms with Crippen molar-refractivity contribution in [1.82, 2.24) is 5.32 Å². The minimum absolute atomic E-state index is 0.141. The summed E-state index contributed by atoms with van der Waals surface area (Å²) in [5.41, 5.74) is 1.08. The van der Waals surface area contributed by atoms with Gasteiger partial charge in [0.1, 0.15) is 6.54 Å². The van der Waals surface area contributed by atoms with E-state index in [9.17, 15) is 4.79 Å². The Morgan fingerprint density at radius 3 is 2.64 bits per heavy atom. The minimum atomic E-state index is -0.164. The molecule has 2 N–H and O–H groups in total. The summed E-state index contributed by atoms with van der Waals surface area (Å²) in [6.45, 7) is 0.841. The van der Waals surface area contributed by atoms with Crippen LogP contribution in [0.3, 0.4) is 0 Å². The number of halogens is 1. The van der Waals surface area contributed by atoms with Crippen molar-refractivity contribution in [2.75, 3.05) is 7.05 Å². The lowest BCUT2D eigenvalue weighted by atomic mass is 10.0. The Hall–Kier alpha value is -1.17. The van der Waals surface area contributed by atoms with Gasteiger partial charge in [-0.15, -0.1) is 11.3 Å². The summed E-state index contributed by atoms with van der Waals surface area (Å²) in [5.74, 6) is 0.141. The van der Waals surface area contributed by atoms with Crippen LogP contribution in [0.1, 0.15) is 29.3 Å². The van der Waals surface area contributed by atoms with E-state index in [1.54, 1.807) is 11.3 Å². The second-order valence-electron chi connectivity index (χ2n) is 5.86. The quantitative estimate of drug-likeness (QED) is 0.794.